The second-order valence-electron chi connectivity index (χ2n) is 5.01. The number of halogens is 3. The molecule has 112 valence electrons. The molecule has 0 unspecified atom stereocenters. The molecule has 0 aliphatic heterocycles. The van der Waals surface area contributed by atoms with E-state index in [1.807, 2.05) is 6.92 Å². The highest BCUT2D eigenvalue weighted by atomic mass is 19.4. The molecule has 0 atom stereocenters. The second kappa shape index (κ2) is 5.85. The van der Waals surface area contributed by atoms with Crippen LogP contribution in [0.4, 0.5) is 13.2 Å². The summed E-state index contributed by atoms with van der Waals surface area (Å²) >= 11 is 0. The lowest BCUT2D eigenvalue weighted by Crippen LogP contribution is -2.40. The zero-order chi connectivity index (χ0) is 14.8. The van der Waals surface area contributed by atoms with Crippen LogP contribution in [-0.4, -0.2) is 33.2 Å². The third kappa shape index (κ3) is 3.32. The molecule has 1 aromatic heterocycles. The maximum absolute atomic E-state index is 12.4. The number of likely N-dealkylation sites (N-methyl/N-ethyl adjacent to an activating group) is 1. The third-order valence-electron chi connectivity index (χ3n) is 3.65. The molecule has 1 amide bonds. The SMILES string of the molecule is CCN(C(=O)Cn1ccc(C(F)(F)F)n1)C1CCCC1. The van der Waals surface area contributed by atoms with Gasteiger partial charge >= 0.3 is 6.18 Å². The Hall–Kier alpha value is -1.53. The van der Waals surface area contributed by atoms with E-state index in [0.29, 0.717) is 6.54 Å². The number of hydrogen-bond donors (Lipinski definition) is 0. The molecule has 1 aliphatic carbocycles. The fourth-order valence-electron chi connectivity index (χ4n) is 2.68. The molecule has 1 aliphatic rings. The zero-order valence-corrected chi connectivity index (χ0v) is 11.4. The molecule has 0 radical (unpaired) electrons. The summed E-state index contributed by atoms with van der Waals surface area (Å²) in [6.07, 6.45) is 0.898. The second-order valence-corrected chi connectivity index (χ2v) is 5.01. The Kier molecular flexibility index (Phi) is 4.35. The monoisotopic (exact) mass is 289 g/mol. The van der Waals surface area contributed by atoms with Gasteiger partial charge in [0.05, 0.1) is 0 Å². The molecule has 0 saturated heterocycles. The van der Waals surface area contributed by atoms with Gasteiger partial charge in [-0.05, 0) is 25.8 Å². The quantitative estimate of drug-likeness (QED) is 0.854. The van der Waals surface area contributed by atoms with Gasteiger partial charge in [0.15, 0.2) is 5.69 Å². The Labute approximate surface area is 115 Å². The van der Waals surface area contributed by atoms with Gasteiger partial charge in [0.2, 0.25) is 5.91 Å². The Balaban J connectivity index is 2.01. The molecule has 0 bridgehead atoms. The predicted molar refractivity (Wildman–Crippen MR) is 66.9 cm³/mol. The van der Waals surface area contributed by atoms with Gasteiger partial charge < -0.3 is 4.90 Å². The van der Waals surface area contributed by atoms with E-state index >= 15 is 0 Å². The summed E-state index contributed by atoms with van der Waals surface area (Å²) < 4.78 is 38.4. The molecule has 1 aromatic rings. The summed E-state index contributed by atoms with van der Waals surface area (Å²) in [6, 6.07) is 1.12. The van der Waals surface area contributed by atoms with Gasteiger partial charge in [-0.25, -0.2) is 0 Å². The summed E-state index contributed by atoms with van der Waals surface area (Å²) in [6.45, 7) is 2.33. The number of hydrogen-bond acceptors (Lipinski definition) is 2. The van der Waals surface area contributed by atoms with Gasteiger partial charge in [-0.3, -0.25) is 9.48 Å². The lowest BCUT2D eigenvalue weighted by molar-refractivity contribution is -0.142. The van der Waals surface area contributed by atoms with E-state index in [1.165, 1.54) is 6.20 Å². The minimum absolute atomic E-state index is 0.138. The van der Waals surface area contributed by atoms with Gasteiger partial charge in [0.1, 0.15) is 6.54 Å². The lowest BCUT2D eigenvalue weighted by atomic mass is 10.2. The minimum Gasteiger partial charge on any atom is -0.338 e. The van der Waals surface area contributed by atoms with Gasteiger partial charge in [0.25, 0.3) is 0 Å². The summed E-state index contributed by atoms with van der Waals surface area (Å²) in [5, 5.41) is 3.41. The molecule has 20 heavy (non-hydrogen) atoms. The Bertz CT molecular complexity index is 464. The molecule has 2 rings (SSSR count). The predicted octanol–water partition coefficient (Wildman–Crippen LogP) is 2.69. The van der Waals surface area contributed by atoms with Crippen molar-refractivity contribution in [2.45, 2.75) is 51.4 Å². The first kappa shape index (κ1) is 14.9. The van der Waals surface area contributed by atoms with Crippen LogP contribution in [0.5, 0.6) is 0 Å². The molecule has 4 nitrogen and oxygen atoms in total. The van der Waals surface area contributed by atoms with Crippen LogP contribution in [0.3, 0.4) is 0 Å². The smallest absolute Gasteiger partial charge is 0.338 e. The Morgan fingerprint density at radius 3 is 2.60 bits per heavy atom. The summed E-state index contributed by atoms with van der Waals surface area (Å²) in [5.41, 5.74) is -0.964. The van der Waals surface area contributed by atoms with E-state index in [2.05, 4.69) is 5.10 Å². The zero-order valence-electron chi connectivity index (χ0n) is 11.4. The van der Waals surface area contributed by atoms with Crippen LogP contribution in [0.15, 0.2) is 12.3 Å². The first-order valence-corrected chi connectivity index (χ1v) is 6.82. The number of carbonyl (C=O) groups excluding carboxylic acids is 1. The molecule has 1 heterocycles. The van der Waals surface area contributed by atoms with Crippen molar-refractivity contribution in [1.82, 2.24) is 14.7 Å². The van der Waals surface area contributed by atoms with Crippen LogP contribution in [0.2, 0.25) is 0 Å². The van der Waals surface area contributed by atoms with Crippen molar-refractivity contribution in [3.8, 4) is 0 Å². The number of carbonyl (C=O) groups is 1. The van der Waals surface area contributed by atoms with Crippen LogP contribution < -0.4 is 0 Å². The molecular weight excluding hydrogens is 271 g/mol. The van der Waals surface area contributed by atoms with E-state index in [4.69, 9.17) is 0 Å². The fourth-order valence-corrected chi connectivity index (χ4v) is 2.68. The van der Waals surface area contributed by atoms with Crippen LogP contribution in [0.1, 0.15) is 38.3 Å². The van der Waals surface area contributed by atoms with E-state index in [1.54, 1.807) is 4.90 Å². The molecular formula is C13H18F3N3O. The topological polar surface area (TPSA) is 38.1 Å². The first-order valence-electron chi connectivity index (χ1n) is 6.82. The average molecular weight is 289 g/mol. The largest absolute Gasteiger partial charge is 0.435 e. The number of aromatic nitrogens is 2. The molecule has 0 spiro atoms. The normalized spacial score (nSPS) is 16.6. The van der Waals surface area contributed by atoms with Crippen molar-refractivity contribution in [1.29, 1.82) is 0 Å². The Morgan fingerprint density at radius 2 is 2.10 bits per heavy atom. The molecule has 0 N–H and O–H groups in total. The number of alkyl halides is 3. The maximum atomic E-state index is 12.4. The van der Waals surface area contributed by atoms with E-state index in [0.717, 1.165) is 36.4 Å². The van der Waals surface area contributed by atoms with Crippen LogP contribution in [-0.2, 0) is 17.5 Å². The maximum Gasteiger partial charge on any atom is 0.435 e. The van der Waals surface area contributed by atoms with Crippen molar-refractivity contribution in [3.05, 3.63) is 18.0 Å². The molecule has 1 fully saturated rings. The highest BCUT2D eigenvalue weighted by Crippen LogP contribution is 2.27. The molecule has 1 saturated carbocycles. The fraction of sp³-hybridized carbons (Fsp3) is 0.692. The summed E-state index contributed by atoms with van der Waals surface area (Å²) in [7, 11) is 0. The summed E-state index contributed by atoms with van der Waals surface area (Å²) in [4.78, 5) is 13.9. The molecule has 0 aromatic carbocycles. The van der Waals surface area contributed by atoms with Crippen molar-refractivity contribution >= 4 is 5.91 Å². The first-order chi connectivity index (χ1) is 9.41. The minimum atomic E-state index is -4.47. The standard InChI is InChI=1S/C13H18F3N3O/c1-2-19(10-5-3-4-6-10)12(20)9-18-8-7-11(17-18)13(14,15)16/h7-8,10H,2-6,9H2,1H3. The number of amides is 1. The van der Waals surface area contributed by atoms with Gasteiger partial charge in [-0.1, -0.05) is 12.8 Å². The number of rotatable bonds is 4. The molecule has 7 heteroatoms. The van der Waals surface area contributed by atoms with Crippen molar-refractivity contribution < 1.29 is 18.0 Å². The van der Waals surface area contributed by atoms with Crippen LogP contribution >= 0.6 is 0 Å². The van der Waals surface area contributed by atoms with Gasteiger partial charge in [-0.2, -0.15) is 18.3 Å². The summed E-state index contributed by atoms with van der Waals surface area (Å²) in [5.74, 6) is -0.170. The third-order valence-corrected chi connectivity index (χ3v) is 3.65. The Morgan fingerprint density at radius 1 is 1.45 bits per heavy atom. The van der Waals surface area contributed by atoms with Crippen molar-refractivity contribution in [2.75, 3.05) is 6.54 Å². The van der Waals surface area contributed by atoms with Crippen LogP contribution in [0.25, 0.3) is 0 Å². The average Bonchev–Trinajstić information content (AvgIpc) is 3.00. The van der Waals surface area contributed by atoms with Crippen molar-refractivity contribution in [3.63, 3.8) is 0 Å². The van der Waals surface area contributed by atoms with Crippen LogP contribution in [0, 0.1) is 0 Å². The van der Waals surface area contributed by atoms with Gasteiger partial charge in [0, 0.05) is 18.8 Å². The van der Waals surface area contributed by atoms with E-state index < -0.39 is 11.9 Å². The number of nitrogens with zero attached hydrogens (tertiary/aromatic N) is 3. The lowest BCUT2D eigenvalue weighted by Gasteiger charge is -2.27. The highest BCUT2D eigenvalue weighted by Gasteiger charge is 2.34. The van der Waals surface area contributed by atoms with Crippen molar-refractivity contribution in [2.24, 2.45) is 0 Å². The van der Waals surface area contributed by atoms with Gasteiger partial charge in [-0.15, -0.1) is 0 Å². The van der Waals surface area contributed by atoms with E-state index in [9.17, 15) is 18.0 Å². The van der Waals surface area contributed by atoms with E-state index in [-0.39, 0.29) is 18.5 Å². The highest BCUT2D eigenvalue weighted by molar-refractivity contribution is 5.76.